The van der Waals surface area contributed by atoms with Crippen LogP contribution in [0.4, 0.5) is 11.4 Å². The monoisotopic (exact) mass is 340 g/mol. The number of nitro groups is 1. The zero-order valence-electron chi connectivity index (χ0n) is 10.4. The van der Waals surface area contributed by atoms with Gasteiger partial charge in [0.1, 0.15) is 0 Å². The molecule has 0 aliphatic heterocycles. The van der Waals surface area contributed by atoms with Crippen LogP contribution in [-0.4, -0.2) is 4.92 Å². The number of hydrogen-bond acceptors (Lipinski definition) is 4. The van der Waals surface area contributed by atoms with Crippen LogP contribution in [0.1, 0.15) is 18.1 Å². The maximum Gasteiger partial charge on any atom is 0.274 e. The van der Waals surface area contributed by atoms with E-state index < -0.39 is 0 Å². The number of thiophene rings is 1. The summed E-state index contributed by atoms with van der Waals surface area (Å²) in [5, 5.41) is 16.2. The average molecular weight is 341 g/mol. The second kappa shape index (κ2) is 6.16. The third-order valence-electron chi connectivity index (χ3n) is 2.78. The molecule has 6 heteroatoms. The van der Waals surface area contributed by atoms with Crippen molar-refractivity contribution in [2.45, 2.75) is 19.9 Å². The summed E-state index contributed by atoms with van der Waals surface area (Å²) in [6.45, 7) is 2.57. The topological polar surface area (TPSA) is 55.2 Å². The van der Waals surface area contributed by atoms with Gasteiger partial charge in [0.05, 0.1) is 8.71 Å². The Morgan fingerprint density at radius 2 is 2.21 bits per heavy atom. The molecule has 100 valence electrons. The maximum atomic E-state index is 11.0. The van der Waals surface area contributed by atoms with Crippen molar-refractivity contribution in [3.05, 3.63) is 54.7 Å². The molecule has 0 aliphatic rings. The van der Waals surface area contributed by atoms with Crippen molar-refractivity contribution in [2.75, 3.05) is 5.32 Å². The van der Waals surface area contributed by atoms with Crippen LogP contribution in [0.3, 0.4) is 0 Å². The van der Waals surface area contributed by atoms with Crippen LogP contribution in [0.15, 0.2) is 33.4 Å². The van der Waals surface area contributed by atoms with Crippen molar-refractivity contribution in [1.82, 2.24) is 0 Å². The molecule has 1 heterocycles. The molecule has 0 bridgehead atoms. The van der Waals surface area contributed by atoms with Crippen LogP contribution in [0, 0.1) is 10.1 Å². The fourth-order valence-electron chi connectivity index (χ4n) is 1.79. The second-order valence-electron chi connectivity index (χ2n) is 4.07. The Kier molecular flexibility index (Phi) is 4.55. The maximum absolute atomic E-state index is 11.0. The highest BCUT2D eigenvalue weighted by Crippen LogP contribution is 2.25. The van der Waals surface area contributed by atoms with Crippen LogP contribution in [0.25, 0.3) is 0 Å². The number of nitrogens with one attached hydrogen (secondary N) is 1. The van der Waals surface area contributed by atoms with Crippen molar-refractivity contribution < 1.29 is 4.92 Å². The lowest BCUT2D eigenvalue weighted by Gasteiger charge is -2.07. The number of rotatable bonds is 5. The SMILES string of the molecule is CCc1ccc(NCc2csc(Br)c2)cc1[N+](=O)[O-]. The molecule has 0 atom stereocenters. The number of halogens is 1. The normalized spacial score (nSPS) is 10.4. The van der Waals surface area contributed by atoms with Crippen LogP contribution >= 0.6 is 27.3 Å². The van der Waals surface area contributed by atoms with Crippen LogP contribution in [-0.2, 0) is 13.0 Å². The first-order valence-corrected chi connectivity index (χ1v) is 7.51. The molecule has 0 aliphatic carbocycles. The molecular formula is C13H13BrN2O2S. The first-order chi connectivity index (χ1) is 9.10. The Morgan fingerprint density at radius 1 is 1.42 bits per heavy atom. The quantitative estimate of drug-likeness (QED) is 0.639. The number of nitrogens with zero attached hydrogens (tertiary/aromatic N) is 1. The van der Waals surface area contributed by atoms with Crippen molar-refractivity contribution in [3.63, 3.8) is 0 Å². The fraction of sp³-hybridized carbons (Fsp3) is 0.231. The number of anilines is 1. The Labute approximate surface area is 123 Å². The van der Waals surface area contributed by atoms with E-state index in [0.29, 0.717) is 13.0 Å². The lowest BCUT2D eigenvalue weighted by molar-refractivity contribution is -0.385. The molecule has 1 N–H and O–H groups in total. The molecule has 1 aromatic heterocycles. The third kappa shape index (κ3) is 3.54. The van der Waals surface area contributed by atoms with Gasteiger partial charge in [-0.05, 0) is 45.4 Å². The highest BCUT2D eigenvalue weighted by molar-refractivity contribution is 9.11. The molecule has 19 heavy (non-hydrogen) atoms. The molecule has 2 rings (SSSR count). The zero-order valence-corrected chi connectivity index (χ0v) is 12.8. The summed E-state index contributed by atoms with van der Waals surface area (Å²) in [6, 6.07) is 7.32. The molecule has 0 saturated heterocycles. The molecule has 0 saturated carbocycles. The molecule has 0 fully saturated rings. The smallest absolute Gasteiger partial charge is 0.274 e. The van der Waals surface area contributed by atoms with Gasteiger partial charge in [0, 0.05) is 23.9 Å². The summed E-state index contributed by atoms with van der Waals surface area (Å²) in [7, 11) is 0. The Balaban J connectivity index is 2.12. The molecule has 0 amide bonds. The number of benzene rings is 1. The van der Waals surface area contributed by atoms with E-state index in [0.717, 1.165) is 20.6 Å². The van der Waals surface area contributed by atoms with Crippen molar-refractivity contribution >= 4 is 38.6 Å². The van der Waals surface area contributed by atoms with E-state index in [2.05, 4.69) is 21.2 Å². The highest BCUT2D eigenvalue weighted by Gasteiger charge is 2.12. The molecule has 0 unspecified atom stereocenters. The first kappa shape index (κ1) is 14.0. The van der Waals surface area contributed by atoms with Gasteiger partial charge in [-0.2, -0.15) is 0 Å². The number of nitro benzene ring substituents is 1. The average Bonchev–Trinajstić information content (AvgIpc) is 2.81. The number of aryl methyl sites for hydroxylation is 1. The summed E-state index contributed by atoms with van der Waals surface area (Å²) in [6.07, 6.45) is 0.661. The van der Waals surface area contributed by atoms with E-state index in [1.807, 2.05) is 30.5 Å². The van der Waals surface area contributed by atoms with Gasteiger partial charge in [-0.1, -0.05) is 13.0 Å². The van der Waals surface area contributed by atoms with Gasteiger partial charge in [0.15, 0.2) is 0 Å². The molecule has 4 nitrogen and oxygen atoms in total. The minimum Gasteiger partial charge on any atom is -0.381 e. The van der Waals surface area contributed by atoms with Gasteiger partial charge >= 0.3 is 0 Å². The Morgan fingerprint density at radius 3 is 2.79 bits per heavy atom. The molecule has 1 aromatic carbocycles. The minimum atomic E-state index is -0.328. The van der Waals surface area contributed by atoms with Gasteiger partial charge in [0.2, 0.25) is 0 Å². The van der Waals surface area contributed by atoms with Gasteiger partial charge in [-0.15, -0.1) is 11.3 Å². The lowest BCUT2D eigenvalue weighted by Crippen LogP contribution is -2.00. The van der Waals surface area contributed by atoms with E-state index in [-0.39, 0.29) is 10.6 Å². The Bertz CT molecular complexity index is 598. The standard InChI is InChI=1S/C13H13BrN2O2S/c1-2-10-3-4-11(6-12(10)16(17)18)15-7-9-5-13(14)19-8-9/h3-6,8,15H,2,7H2,1H3. The summed E-state index contributed by atoms with van der Waals surface area (Å²) in [4.78, 5) is 10.7. The van der Waals surface area contributed by atoms with Gasteiger partial charge in [0.25, 0.3) is 5.69 Å². The highest BCUT2D eigenvalue weighted by atomic mass is 79.9. The second-order valence-corrected chi connectivity index (χ2v) is 6.36. The van der Waals surface area contributed by atoms with E-state index in [4.69, 9.17) is 0 Å². The van der Waals surface area contributed by atoms with Crippen LogP contribution < -0.4 is 5.32 Å². The first-order valence-electron chi connectivity index (χ1n) is 5.84. The molecule has 2 aromatic rings. The van der Waals surface area contributed by atoms with E-state index in [9.17, 15) is 10.1 Å². The summed E-state index contributed by atoms with van der Waals surface area (Å²) in [5.41, 5.74) is 2.86. The molecular weight excluding hydrogens is 328 g/mol. The molecule has 0 radical (unpaired) electrons. The Hall–Kier alpha value is -1.40. The van der Waals surface area contributed by atoms with Gasteiger partial charge in [-0.25, -0.2) is 0 Å². The fourth-order valence-corrected chi connectivity index (χ4v) is 2.99. The predicted molar refractivity (Wildman–Crippen MR) is 81.8 cm³/mol. The van der Waals surface area contributed by atoms with E-state index in [1.165, 1.54) is 0 Å². The van der Waals surface area contributed by atoms with Crippen molar-refractivity contribution in [1.29, 1.82) is 0 Å². The summed E-state index contributed by atoms with van der Waals surface area (Å²) >= 11 is 5.03. The molecule has 0 spiro atoms. The summed E-state index contributed by atoms with van der Waals surface area (Å²) in [5.74, 6) is 0. The van der Waals surface area contributed by atoms with Gasteiger partial charge < -0.3 is 5.32 Å². The largest absolute Gasteiger partial charge is 0.381 e. The third-order valence-corrected chi connectivity index (χ3v) is 4.33. The number of hydrogen-bond donors (Lipinski definition) is 1. The van der Waals surface area contributed by atoms with Crippen molar-refractivity contribution in [2.24, 2.45) is 0 Å². The van der Waals surface area contributed by atoms with E-state index in [1.54, 1.807) is 17.4 Å². The predicted octanol–water partition coefficient (Wildman–Crippen LogP) is 4.59. The van der Waals surface area contributed by atoms with E-state index >= 15 is 0 Å². The van der Waals surface area contributed by atoms with Crippen LogP contribution in [0.5, 0.6) is 0 Å². The minimum absolute atomic E-state index is 0.180. The lowest BCUT2D eigenvalue weighted by atomic mass is 10.1. The van der Waals surface area contributed by atoms with Gasteiger partial charge in [-0.3, -0.25) is 10.1 Å². The van der Waals surface area contributed by atoms with Crippen molar-refractivity contribution in [3.8, 4) is 0 Å². The summed E-state index contributed by atoms with van der Waals surface area (Å²) < 4.78 is 1.08. The van der Waals surface area contributed by atoms with Crippen LogP contribution in [0.2, 0.25) is 0 Å². The zero-order chi connectivity index (χ0) is 13.8.